The maximum absolute atomic E-state index is 3.42. The van der Waals surface area contributed by atoms with Crippen molar-refractivity contribution in [2.45, 2.75) is 30.5 Å². The lowest BCUT2D eigenvalue weighted by Gasteiger charge is -2.16. The Hall–Kier alpha value is -0.770. The highest BCUT2D eigenvalue weighted by atomic mass is 32.2. The lowest BCUT2D eigenvalue weighted by atomic mass is 10.00. The summed E-state index contributed by atoms with van der Waals surface area (Å²) in [4.78, 5) is 0. The first-order chi connectivity index (χ1) is 9.69. The molecule has 2 rings (SSSR count). The molecule has 1 unspecified atom stereocenters. The molecule has 3 heteroatoms. The molecule has 0 aliphatic rings. The van der Waals surface area contributed by atoms with Crippen LogP contribution in [0.15, 0.2) is 46.0 Å². The summed E-state index contributed by atoms with van der Waals surface area (Å²) in [6, 6.07) is 13.8. The van der Waals surface area contributed by atoms with Gasteiger partial charge in [-0.3, -0.25) is 0 Å². The maximum atomic E-state index is 3.42. The van der Waals surface area contributed by atoms with Gasteiger partial charge in [0.2, 0.25) is 0 Å². The molecule has 0 fully saturated rings. The number of benzene rings is 1. The van der Waals surface area contributed by atoms with E-state index in [-0.39, 0.29) is 0 Å². The zero-order chi connectivity index (χ0) is 14.4. The molecule has 1 N–H and O–H groups in total. The molecule has 0 saturated carbocycles. The van der Waals surface area contributed by atoms with Crippen molar-refractivity contribution in [1.29, 1.82) is 0 Å². The van der Waals surface area contributed by atoms with E-state index in [0.29, 0.717) is 6.04 Å². The molecule has 20 heavy (non-hydrogen) atoms. The van der Waals surface area contributed by atoms with Crippen LogP contribution in [-0.4, -0.2) is 12.8 Å². The average Bonchev–Trinajstić information content (AvgIpc) is 2.94. The van der Waals surface area contributed by atoms with E-state index < -0.39 is 0 Å². The average molecular weight is 306 g/mol. The van der Waals surface area contributed by atoms with Crippen LogP contribution >= 0.6 is 23.1 Å². The van der Waals surface area contributed by atoms with Crippen molar-refractivity contribution in [2.24, 2.45) is 5.92 Å². The molecule has 0 aliphatic carbocycles. The van der Waals surface area contributed by atoms with E-state index in [0.717, 1.165) is 18.1 Å². The highest BCUT2D eigenvalue weighted by Gasteiger charge is 2.10. The van der Waals surface area contributed by atoms with Gasteiger partial charge in [-0.1, -0.05) is 44.2 Å². The van der Waals surface area contributed by atoms with Crippen molar-refractivity contribution >= 4 is 23.1 Å². The minimum absolute atomic E-state index is 0.412. The van der Waals surface area contributed by atoms with Gasteiger partial charge >= 0.3 is 0 Å². The number of hydrogen-bond donors (Lipinski definition) is 1. The zero-order valence-electron chi connectivity index (χ0n) is 12.4. The molecule has 1 aromatic carbocycles. The lowest BCUT2D eigenvalue weighted by Crippen LogP contribution is -2.18. The molecular weight excluding hydrogens is 282 g/mol. The van der Waals surface area contributed by atoms with Crippen molar-refractivity contribution in [2.75, 3.05) is 12.8 Å². The molecular formula is C17H23NS2. The largest absolute Gasteiger partial charge is 0.312 e. The van der Waals surface area contributed by atoms with Crippen molar-refractivity contribution in [3.05, 3.63) is 52.9 Å². The maximum Gasteiger partial charge on any atom is 0.0599 e. The first-order valence-electron chi connectivity index (χ1n) is 7.11. The number of hydrogen-bond acceptors (Lipinski definition) is 3. The van der Waals surface area contributed by atoms with E-state index in [2.05, 4.69) is 60.9 Å². The lowest BCUT2D eigenvalue weighted by molar-refractivity contribution is 0.643. The molecule has 108 valence electrons. The normalized spacial score (nSPS) is 12.8. The molecule has 1 heterocycles. The molecule has 1 aromatic heterocycles. The van der Waals surface area contributed by atoms with Crippen LogP contribution in [0.25, 0.3) is 0 Å². The monoisotopic (exact) mass is 305 g/mol. The Morgan fingerprint density at radius 3 is 2.45 bits per heavy atom. The third-order valence-electron chi connectivity index (χ3n) is 3.26. The van der Waals surface area contributed by atoms with Crippen LogP contribution in [0.5, 0.6) is 0 Å². The first kappa shape index (κ1) is 15.6. The molecule has 0 spiro atoms. The molecule has 0 aliphatic heterocycles. The van der Waals surface area contributed by atoms with Gasteiger partial charge in [-0.05, 0) is 42.0 Å². The fourth-order valence-corrected chi connectivity index (χ4v) is 4.17. The van der Waals surface area contributed by atoms with E-state index in [4.69, 9.17) is 0 Å². The van der Waals surface area contributed by atoms with Gasteiger partial charge in [-0.25, -0.2) is 0 Å². The molecule has 0 saturated heterocycles. The van der Waals surface area contributed by atoms with Gasteiger partial charge in [-0.15, -0.1) is 23.1 Å². The second-order valence-electron chi connectivity index (χ2n) is 5.42. The van der Waals surface area contributed by atoms with Gasteiger partial charge in [0.05, 0.1) is 4.21 Å². The predicted octanol–water partition coefficient (Wildman–Crippen LogP) is 5.00. The second-order valence-corrected chi connectivity index (χ2v) is 7.69. The van der Waals surface area contributed by atoms with E-state index in [9.17, 15) is 0 Å². The number of thiophene rings is 1. The van der Waals surface area contributed by atoms with Crippen LogP contribution in [0, 0.1) is 5.92 Å². The SMILES string of the molecule is CNC(CSc1cccs1)c1ccc(CC(C)C)cc1. The summed E-state index contributed by atoms with van der Waals surface area (Å²) in [6.07, 6.45) is 1.16. The minimum Gasteiger partial charge on any atom is -0.312 e. The van der Waals surface area contributed by atoms with Crippen molar-refractivity contribution in [1.82, 2.24) is 5.32 Å². The fraction of sp³-hybridized carbons (Fsp3) is 0.412. The summed E-state index contributed by atoms with van der Waals surface area (Å²) in [5.41, 5.74) is 2.81. The van der Waals surface area contributed by atoms with Crippen LogP contribution in [0.3, 0.4) is 0 Å². The molecule has 1 nitrogen and oxygen atoms in total. The summed E-state index contributed by atoms with van der Waals surface area (Å²) in [6.45, 7) is 4.53. The van der Waals surface area contributed by atoms with E-state index >= 15 is 0 Å². The van der Waals surface area contributed by atoms with E-state index in [1.807, 2.05) is 30.1 Å². The van der Waals surface area contributed by atoms with Crippen molar-refractivity contribution in [3.63, 3.8) is 0 Å². The van der Waals surface area contributed by atoms with Crippen molar-refractivity contribution in [3.8, 4) is 0 Å². The minimum atomic E-state index is 0.412. The highest BCUT2D eigenvalue weighted by Crippen LogP contribution is 2.28. The van der Waals surface area contributed by atoms with Crippen LogP contribution in [0.2, 0.25) is 0 Å². The van der Waals surface area contributed by atoms with Gasteiger partial charge in [0, 0.05) is 11.8 Å². The molecule has 0 bridgehead atoms. The summed E-state index contributed by atoms with van der Waals surface area (Å²) in [7, 11) is 2.04. The predicted molar refractivity (Wildman–Crippen MR) is 91.8 cm³/mol. The quantitative estimate of drug-likeness (QED) is 0.722. The molecule has 0 amide bonds. The molecule has 1 atom stereocenters. The van der Waals surface area contributed by atoms with Gasteiger partial charge in [0.1, 0.15) is 0 Å². The fourth-order valence-electron chi connectivity index (χ4n) is 2.21. The first-order valence-corrected chi connectivity index (χ1v) is 8.98. The number of nitrogens with one attached hydrogen (secondary N) is 1. The summed E-state index contributed by atoms with van der Waals surface area (Å²) >= 11 is 3.74. The Morgan fingerprint density at radius 1 is 1.15 bits per heavy atom. The van der Waals surface area contributed by atoms with Gasteiger partial charge < -0.3 is 5.32 Å². The Balaban J connectivity index is 1.96. The Labute approximate surface area is 130 Å². The second kappa shape index (κ2) is 7.87. The molecule has 0 radical (unpaired) electrons. The van der Waals surface area contributed by atoms with Crippen LogP contribution in [0.4, 0.5) is 0 Å². The number of rotatable bonds is 7. The Morgan fingerprint density at radius 2 is 1.90 bits per heavy atom. The smallest absolute Gasteiger partial charge is 0.0599 e. The van der Waals surface area contributed by atoms with Crippen LogP contribution in [-0.2, 0) is 6.42 Å². The zero-order valence-corrected chi connectivity index (χ0v) is 14.1. The Bertz CT molecular complexity index is 488. The topological polar surface area (TPSA) is 12.0 Å². The van der Waals surface area contributed by atoms with E-state index in [1.165, 1.54) is 15.3 Å². The van der Waals surface area contributed by atoms with E-state index in [1.54, 1.807) is 0 Å². The van der Waals surface area contributed by atoms with Crippen LogP contribution < -0.4 is 5.32 Å². The van der Waals surface area contributed by atoms with Crippen LogP contribution in [0.1, 0.15) is 31.0 Å². The Kier molecular flexibility index (Phi) is 6.14. The third-order valence-corrected chi connectivity index (χ3v) is 5.49. The number of thioether (sulfide) groups is 1. The summed E-state index contributed by atoms with van der Waals surface area (Å²) in [5.74, 6) is 1.79. The van der Waals surface area contributed by atoms with Gasteiger partial charge in [0.25, 0.3) is 0 Å². The van der Waals surface area contributed by atoms with Crippen molar-refractivity contribution < 1.29 is 0 Å². The van der Waals surface area contributed by atoms with Gasteiger partial charge in [-0.2, -0.15) is 0 Å². The highest BCUT2D eigenvalue weighted by molar-refractivity contribution is 8.01. The molecule has 2 aromatic rings. The third kappa shape index (κ3) is 4.65. The standard InChI is InChI=1S/C17H23NS2/c1-13(2)11-14-6-8-15(9-7-14)16(18-3)12-20-17-5-4-10-19-17/h4-10,13,16,18H,11-12H2,1-3H3. The summed E-state index contributed by atoms with van der Waals surface area (Å²) < 4.78 is 1.39. The van der Waals surface area contributed by atoms with Gasteiger partial charge in [0.15, 0.2) is 0 Å². The summed E-state index contributed by atoms with van der Waals surface area (Å²) in [5, 5.41) is 5.56.